The van der Waals surface area contributed by atoms with Crippen LogP contribution >= 0.6 is 0 Å². The van der Waals surface area contributed by atoms with Crippen LogP contribution in [-0.4, -0.2) is 13.7 Å². The SMILES string of the molecule is Cc1ccc2c(c1)c1cc(C)ccc1n2-c1c(-n2c3ccccc3c3cc(-c4ccccc4)ccc32)c(C#N)c(-c2ccccc2)c(C#N)c1-n1c2ccccc2c2cc(-c3ccccc3)ccc21. The van der Waals surface area contributed by atoms with Gasteiger partial charge >= 0.3 is 0 Å². The number of para-hydroxylation sites is 2. The zero-order chi connectivity index (χ0) is 46.3. The van der Waals surface area contributed by atoms with E-state index in [0.717, 1.165) is 110 Å². The van der Waals surface area contributed by atoms with Gasteiger partial charge in [0.25, 0.3) is 0 Å². The molecule has 5 nitrogen and oxygen atoms in total. The lowest BCUT2D eigenvalue weighted by molar-refractivity contribution is 1.04. The molecule has 322 valence electrons. The van der Waals surface area contributed by atoms with E-state index in [1.165, 1.54) is 0 Å². The second-order valence-corrected chi connectivity index (χ2v) is 18.0. The average molecular weight is 880 g/mol. The fourth-order valence-corrected chi connectivity index (χ4v) is 11.0. The van der Waals surface area contributed by atoms with Crippen molar-refractivity contribution in [3.63, 3.8) is 0 Å². The quantitative estimate of drug-likeness (QED) is 0.167. The molecule has 10 aromatic carbocycles. The molecule has 3 heterocycles. The highest BCUT2D eigenvalue weighted by Crippen LogP contribution is 2.49. The van der Waals surface area contributed by atoms with Crippen LogP contribution in [0.25, 0.3) is 116 Å². The summed E-state index contributed by atoms with van der Waals surface area (Å²) in [5, 5.41) is 30.5. The number of fused-ring (bicyclic) bond motifs is 9. The Hall–Kier alpha value is -9.42. The maximum absolute atomic E-state index is 12.1. The standard InChI is InChI=1S/C64H41N5/c1-40-26-30-57-49(34-40)50-35-41(2)27-31-58(50)69(57)64-62(67-55-24-14-12-22-47(55)51-36-45(28-32-59(51)67)42-16-6-3-7-17-42)53(38-65)61(44-20-10-5-11-21-44)54(39-66)63(64)68-56-25-15-13-23-48(56)52-37-46(29-33-60(52)68)43-18-8-4-9-19-43/h3-37H,1-2H3. The van der Waals surface area contributed by atoms with E-state index in [1.54, 1.807) is 0 Å². The Bertz CT molecular complexity index is 4070. The highest BCUT2D eigenvalue weighted by Gasteiger charge is 2.33. The lowest BCUT2D eigenvalue weighted by atomic mass is 9.90. The topological polar surface area (TPSA) is 62.4 Å². The van der Waals surface area contributed by atoms with Crippen LogP contribution in [0.3, 0.4) is 0 Å². The lowest BCUT2D eigenvalue weighted by Gasteiger charge is -2.26. The van der Waals surface area contributed by atoms with Gasteiger partial charge in [-0.15, -0.1) is 0 Å². The fourth-order valence-electron chi connectivity index (χ4n) is 11.0. The third-order valence-corrected chi connectivity index (χ3v) is 14.0. The first-order valence-electron chi connectivity index (χ1n) is 23.3. The molecule has 0 saturated carbocycles. The summed E-state index contributed by atoms with van der Waals surface area (Å²) in [5.74, 6) is 0. The summed E-state index contributed by atoms with van der Waals surface area (Å²) < 4.78 is 6.93. The van der Waals surface area contributed by atoms with Crippen molar-refractivity contribution in [3.05, 3.63) is 235 Å². The van der Waals surface area contributed by atoms with E-state index in [9.17, 15) is 10.5 Å². The van der Waals surface area contributed by atoms with Crippen LogP contribution in [0, 0.1) is 36.5 Å². The number of benzene rings is 10. The number of nitrogens with zero attached hydrogens (tertiary/aromatic N) is 5. The van der Waals surface area contributed by atoms with E-state index in [0.29, 0.717) is 28.1 Å². The minimum Gasteiger partial charge on any atom is -0.306 e. The Morgan fingerprint density at radius 1 is 0.290 bits per heavy atom. The predicted molar refractivity (Wildman–Crippen MR) is 285 cm³/mol. The zero-order valence-electron chi connectivity index (χ0n) is 37.9. The number of hydrogen-bond acceptors (Lipinski definition) is 2. The predicted octanol–water partition coefficient (Wildman–Crippen LogP) is 16.3. The molecule has 0 N–H and O–H groups in total. The van der Waals surface area contributed by atoms with Crippen LogP contribution in [-0.2, 0) is 0 Å². The molecule has 5 heteroatoms. The van der Waals surface area contributed by atoms with Crippen LogP contribution in [0.15, 0.2) is 212 Å². The molecule has 0 bridgehead atoms. The van der Waals surface area contributed by atoms with Gasteiger partial charge in [0.05, 0.1) is 61.3 Å². The van der Waals surface area contributed by atoms with Gasteiger partial charge in [-0.2, -0.15) is 10.5 Å². The monoisotopic (exact) mass is 879 g/mol. The number of nitriles is 2. The zero-order valence-corrected chi connectivity index (χ0v) is 37.9. The number of rotatable bonds is 6. The van der Waals surface area contributed by atoms with Crippen LogP contribution in [0.1, 0.15) is 22.3 Å². The van der Waals surface area contributed by atoms with Crippen molar-refractivity contribution in [2.75, 3.05) is 0 Å². The van der Waals surface area contributed by atoms with Crippen molar-refractivity contribution < 1.29 is 0 Å². The molecule has 0 aliphatic carbocycles. The van der Waals surface area contributed by atoms with Gasteiger partial charge in [0.1, 0.15) is 12.1 Å². The van der Waals surface area contributed by atoms with Crippen molar-refractivity contribution in [2.45, 2.75) is 13.8 Å². The summed E-state index contributed by atoms with van der Waals surface area (Å²) in [6.45, 7) is 4.27. The summed E-state index contributed by atoms with van der Waals surface area (Å²) in [7, 11) is 0. The molecular weight excluding hydrogens is 839 g/mol. The van der Waals surface area contributed by atoms with Crippen LogP contribution in [0.2, 0.25) is 0 Å². The third kappa shape index (κ3) is 6.01. The Kier molecular flexibility index (Phi) is 9.02. The smallest absolute Gasteiger partial charge is 0.102 e. The van der Waals surface area contributed by atoms with E-state index >= 15 is 0 Å². The molecule has 0 saturated heterocycles. The first kappa shape index (κ1) is 39.9. The van der Waals surface area contributed by atoms with Crippen LogP contribution in [0.5, 0.6) is 0 Å². The summed E-state index contributed by atoms with van der Waals surface area (Å²) in [4.78, 5) is 0. The van der Waals surface area contributed by atoms with Gasteiger partial charge in [0.15, 0.2) is 0 Å². The van der Waals surface area contributed by atoms with Crippen LogP contribution < -0.4 is 0 Å². The molecule has 0 aliphatic rings. The van der Waals surface area contributed by atoms with Crippen molar-refractivity contribution in [1.29, 1.82) is 10.5 Å². The maximum atomic E-state index is 12.1. The minimum absolute atomic E-state index is 0.410. The van der Waals surface area contributed by atoms with Crippen molar-refractivity contribution >= 4 is 65.4 Å². The van der Waals surface area contributed by atoms with Crippen molar-refractivity contribution in [2.24, 2.45) is 0 Å². The molecule has 0 unspecified atom stereocenters. The molecule has 0 fully saturated rings. The molecule has 0 amide bonds. The van der Waals surface area contributed by atoms with Crippen LogP contribution in [0.4, 0.5) is 0 Å². The summed E-state index contributed by atoms with van der Waals surface area (Å²) >= 11 is 0. The highest BCUT2D eigenvalue weighted by molar-refractivity contribution is 6.16. The molecule has 0 aliphatic heterocycles. The third-order valence-electron chi connectivity index (χ3n) is 14.0. The van der Waals surface area contributed by atoms with Gasteiger partial charge in [-0.3, -0.25) is 0 Å². The van der Waals surface area contributed by atoms with Gasteiger partial charge < -0.3 is 13.7 Å². The summed E-state index contributed by atoms with van der Waals surface area (Å²) in [6, 6.07) is 80.1. The van der Waals surface area contributed by atoms with Gasteiger partial charge in [0.2, 0.25) is 0 Å². The molecule has 0 radical (unpaired) electrons. The lowest BCUT2D eigenvalue weighted by Crippen LogP contribution is -2.15. The molecular formula is C64H41N5. The largest absolute Gasteiger partial charge is 0.306 e. The average Bonchev–Trinajstić information content (AvgIpc) is 4.02. The Morgan fingerprint density at radius 2 is 0.623 bits per heavy atom. The van der Waals surface area contributed by atoms with E-state index in [2.05, 4.69) is 210 Å². The minimum atomic E-state index is 0.410. The molecule has 3 aromatic heterocycles. The van der Waals surface area contributed by atoms with Gasteiger partial charge in [-0.05, 0) is 102 Å². The maximum Gasteiger partial charge on any atom is 0.102 e. The summed E-state index contributed by atoms with van der Waals surface area (Å²) in [6.07, 6.45) is 0. The van der Waals surface area contributed by atoms with Gasteiger partial charge in [-0.25, -0.2) is 0 Å². The molecule has 69 heavy (non-hydrogen) atoms. The Labute approximate surface area is 398 Å². The number of aryl methyl sites for hydroxylation is 2. The number of hydrogen-bond donors (Lipinski definition) is 0. The summed E-state index contributed by atoms with van der Waals surface area (Å²) in [5.41, 5.74) is 16.8. The van der Waals surface area contributed by atoms with E-state index in [-0.39, 0.29) is 0 Å². The fraction of sp³-hybridized carbons (Fsp3) is 0.0312. The highest BCUT2D eigenvalue weighted by atomic mass is 15.1. The van der Waals surface area contributed by atoms with E-state index in [4.69, 9.17) is 0 Å². The first-order valence-corrected chi connectivity index (χ1v) is 23.3. The van der Waals surface area contributed by atoms with Gasteiger partial charge in [-0.1, -0.05) is 163 Å². The van der Waals surface area contributed by atoms with Crippen molar-refractivity contribution in [1.82, 2.24) is 13.7 Å². The second-order valence-electron chi connectivity index (χ2n) is 18.0. The molecule has 0 atom stereocenters. The van der Waals surface area contributed by atoms with Gasteiger partial charge in [0, 0.05) is 37.9 Å². The molecule has 13 aromatic rings. The molecule has 0 spiro atoms. The Balaban J connectivity index is 1.31. The van der Waals surface area contributed by atoms with Crippen molar-refractivity contribution in [3.8, 4) is 62.6 Å². The molecule has 13 rings (SSSR count). The van der Waals surface area contributed by atoms with E-state index < -0.39 is 0 Å². The number of aromatic nitrogens is 3. The Morgan fingerprint density at radius 3 is 1.04 bits per heavy atom. The van der Waals surface area contributed by atoms with E-state index in [1.807, 2.05) is 42.5 Å². The first-order chi connectivity index (χ1) is 34.0. The normalized spacial score (nSPS) is 11.6. The second kappa shape index (κ2) is 15.6.